The van der Waals surface area contributed by atoms with Gasteiger partial charge in [-0.05, 0) is 18.2 Å². The molecule has 0 aliphatic heterocycles. The number of benzene rings is 1. The monoisotopic (exact) mass is 339 g/mol. The first kappa shape index (κ1) is 17.1. The molecule has 0 saturated carbocycles. The number of carbonyl (C=O) groups is 2. The van der Waals surface area contributed by atoms with Gasteiger partial charge in [-0.2, -0.15) is 4.39 Å². The van der Waals surface area contributed by atoms with Crippen molar-refractivity contribution in [1.29, 1.82) is 0 Å². The Bertz CT molecular complexity index is 906. The van der Waals surface area contributed by atoms with Crippen molar-refractivity contribution < 1.29 is 23.5 Å². The van der Waals surface area contributed by atoms with E-state index in [1.807, 2.05) is 0 Å². The maximum atomic E-state index is 13.2. The zero-order valence-electron chi connectivity index (χ0n) is 12.0. The summed E-state index contributed by atoms with van der Waals surface area (Å²) in [5.41, 5.74) is -2.40. The second kappa shape index (κ2) is 6.86. The van der Waals surface area contributed by atoms with Gasteiger partial charge in [-0.1, -0.05) is 6.07 Å². The first-order chi connectivity index (χ1) is 11.3. The summed E-state index contributed by atoms with van der Waals surface area (Å²) in [5, 5.41) is 11.2. The fourth-order valence-corrected chi connectivity index (χ4v) is 1.87. The Labute approximate surface area is 132 Å². The van der Waals surface area contributed by atoms with Crippen molar-refractivity contribution in [2.24, 2.45) is 0 Å². The topological polar surface area (TPSA) is 121 Å². The standard InChI is InChI=1S/C14H11F2N3O5/c15-8-3-1-2-7(4-8)11(20)17-10(13(22)23)6-19-5-9(16)12(21)18-14(19)24/h1-5,10H,6H2,(H,17,20)(H,22,23)(H,18,21,24)/t10-/m0/s1. The van der Waals surface area contributed by atoms with E-state index in [1.165, 1.54) is 12.1 Å². The molecule has 0 saturated heterocycles. The van der Waals surface area contributed by atoms with Crippen LogP contribution in [0.4, 0.5) is 8.78 Å². The van der Waals surface area contributed by atoms with E-state index < -0.39 is 47.3 Å². The number of hydrogen-bond donors (Lipinski definition) is 3. The van der Waals surface area contributed by atoms with Crippen molar-refractivity contribution in [2.75, 3.05) is 0 Å². The Morgan fingerprint density at radius 2 is 2.00 bits per heavy atom. The van der Waals surface area contributed by atoms with Gasteiger partial charge in [-0.25, -0.2) is 14.0 Å². The lowest BCUT2D eigenvalue weighted by Gasteiger charge is -2.15. The first-order valence-corrected chi connectivity index (χ1v) is 6.56. The molecule has 0 aliphatic rings. The first-order valence-electron chi connectivity index (χ1n) is 6.56. The maximum absolute atomic E-state index is 13.2. The smallest absolute Gasteiger partial charge is 0.328 e. The number of nitrogens with one attached hydrogen (secondary N) is 2. The number of hydrogen-bond acceptors (Lipinski definition) is 4. The number of carbonyl (C=O) groups excluding carboxylic acids is 1. The molecule has 1 aromatic heterocycles. The summed E-state index contributed by atoms with van der Waals surface area (Å²) in [5.74, 6) is -4.36. The molecule has 2 rings (SSSR count). The Hall–Kier alpha value is -3.30. The van der Waals surface area contributed by atoms with Gasteiger partial charge in [-0.3, -0.25) is 19.1 Å². The van der Waals surface area contributed by atoms with Gasteiger partial charge in [-0.15, -0.1) is 0 Å². The number of aromatic nitrogens is 2. The van der Waals surface area contributed by atoms with Gasteiger partial charge in [0.1, 0.15) is 11.9 Å². The summed E-state index contributed by atoms with van der Waals surface area (Å²) in [7, 11) is 0. The molecule has 3 N–H and O–H groups in total. The molecular weight excluding hydrogens is 328 g/mol. The van der Waals surface area contributed by atoms with Gasteiger partial charge >= 0.3 is 11.7 Å². The molecule has 10 heteroatoms. The highest BCUT2D eigenvalue weighted by Crippen LogP contribution is 2.04. The third kappa shape index (κ3) is 3.91. The van der Waals surface area contributed by atoms with E-state index >= 15 is 0 Å². The summed E-state index contributed by atoms with van der Waals surface area (Å²) in [6.07, 6.45) is 0.533. The highest BCUT2D eigenvalue weighted by Gasteiger charge is 2.22. The molecule has 1 heterocycles. The van der Waals surface area contributed by atoms with Crippen LogP contribution in [0.2, 0.25) is 0 Å². The van der Waals surface area contributed by atoms with Crippen molar-refractivity contribution in [3.8, 4) is 0 Å². The van der Waals surface area contributed by atoms with Gasteiger partial charge in [0, 0.05) is 5.56 Å². The van der Waals surface area contributed by atoms with Crippen LogP contribution in [0.1, 0.15) is 10.4 Å². The van der Waals surface area contributed by atoms with E-state index in [2.05, 4.69) is 5.32 Å². The Balaban J connectivity index is 2.23. The summed E-state index contributed by atoms with van der Waals surface area (Å²) in [6, 6.07) is 2.93. The molecular formula is C14H11F2N3O5. The molecule has 0 unspecified atom stereocenters. The van der Waals surface area contributed by atoms with Crippen molar-refractivity contribution in [2.45, 2.75) is 12.6 Å². The maximum Gasteiger partial charge on any atom is 0.328 e. The van der Waals surface area contributed by atoms with Crippen LogP contribution in [0.5, 0.6) is 0 Å². The summed E-state index contributed by atoms with van der Waals surface area (Å²) < 4.78 is 26.9. The third-order valence-electron chi connectivity index (χ3n) is 3.04. The Morgan fingerprint density at radius 3 is 2.62 bits per heavy atom. The molecule has 1 aromatic carbocycles. The zero-order valence-corrected chi connectivity index (χ0v) is 12.0. The second-order valence-electron chi connectivity index (χ2n) is 4.76. The highest BCUT2D eigenvalue weighted by atomic mass is 19.1. The van der Waals surface area contributed by atoms with Crippen molar-refractivity contribution in [1.82, 2.24) is 14.9 Å². The normalized spacial score (nSPS) is 11.8. The van der Waals surface area contributed by atoms with E-state index in [0.717, 1.165) is 12.1 Å². The summed E-state index contributed by atoms with van der Waals surface area (Å²) in [4.78, 5) is 47.3. The second-order valence-corrected chi connectivity index (χ2v) is 4.76. The van der Waals surface area contributed by atoms with E-state index in [0.29, 0.717) is 10.8 Å². The lowest BCUT2D eigenvalue weighted by molar-refractivity contribution is -0.139. The van der Waals surface area contributed by atoms with Crippen LogP contribution in [-0.2, 0) is 11.3 Å². The van der Waals surface area contributed by atoms with Crippen LogP contribution in [0, 0.1) is 11.6 Å². The van der Waals surface area contributed by atoms with Crippen molar-refractivity contribution in [3.05, 3.63) is 68.5 Å². The van der Waals surface area contributed by atoms with Crippen molar-refractivity contribution >= 4 is 11.9 Å². The van der Waals surface area contributed by atoms with Gasteiger partial charge in [0.05, 0.1) is 12.7 Å². The van der Waals surface area contributed by atoms with Gasteiger partial charge < -0.3 is 10.4 Å². The lowest BCUT2D eigenvalue weighted by atomic mass is 10.2. The lowest BCUT2D eigenvalue weighted by Crippen LogP contribution is -2.46. The van der Waals surface area contributed by atoms with Crippen LogP contribution in [0.15, 0.2) is 40.1 Å². The van der Waals surface area contributed by atoms with Crippen LogP contribution >= 0.6 is 0 Å². The quantitative estimate of drug-likeness (QED) is 0.690. The van der Waals surface area contributed by atoms with E-state index in [9.17, 15) is 28.0 Å². The molecule has 0 fully saturated rings. The van der Waals surface area contributed by atoms with Crippen LogP contribution in [-0.4, -0.2) is 32.6 Å². The predicted molar refractivity (Wildman–Crippen MR) is 76.6 cm³/mol. The molecule has 0 spiro atoms. The van der Waals surface area contributed by atoms with E-state index in [1.54, 1.807) is 4.98 Å². The number of aromatic amines is 1. The van der Waals surface area contributed by atoms with Crippen molar-refractivity contribution in [3.63, 3.8) is 0 Å². The molecule has 1 atom stereocenters. The molecule has 8 nitrogen and oxygen atoms in total. The Morgan fingerprint density at radius 1 is 1.29 bits per heavy atom. The minimum absolute atomic E-state index is 0.124. The SMILES string of the molecule is O=C(N[C@@H](Cn1cc(F)c(=O)[nH]c1=O)C(=O)O)c1cccc(F)c1. The average molecular weight is 339 g/mol. The van der Waals surface area contributed by atoms with E-state index in [-0.39, 0.29) is 5.56 Å². The van der Waals surface area contributed by atoms with Gasteiger partial charge in [0.15, 0.2) is 0 Å². The molecule has 0 bridgehead atoms. The predicted octanol–water partition coefficient (Wildman–Crippen LogP) is -0.302. The third-order valence-corrected chi connectivity index (χ3v) is 3.04. The minimum atomic E-state index is -1.61. The molecule has 0 radical (unpaired) electrons. The number of aliphatic carboxylic acids is 1. The number of carboxylic acids is 1. The zero-order chi connectivity index (χ0) is 17.9. The molecule has 1 amide bonds. The van der Waals surface area contributed by atoms with Gasteiger partial charge in [0.25, 0.3) is 11.5 Å². The number of halogens is 2. The Kier molecular flexibility index (Phi) is 4.87. The number of H-pyrrole nitrogens is 1. The van der Waals surface area contributed by atoms with Gasteiger partial charge in [0.2, 0.25) is 5.82 Å². The van der Waals surface area contributed by atoms with Crippen LogP contribution in [0.3, 0.4) is 0 Å². The molecule has 0 aliphatic carbocycles. The fraction of sp³-hybridized carbons (Fsp3) is 0.143. The number of carboxylic acid groups (broad SMARTS) is 1. The number of rotatable bonds is 5. The number of nitrogens with zero attached hydrogens (tertiary/aromatic N) is 1. The fourth-order valence-electron chi connectivity index (χ4n) is 1.87. The van der Waals surface area contributed by atoms with Crippen LogP contribution < -0.4 is 16.6 Å². The summed E-state index contributed by atoms with van der Waals surface area (Å²) >= 11 is 0. The average Bonchev–Trinajstić information content (AvgIpc) is 2.51. The van der Waals surface area contributed by atoms with E-state index in [4.69, 9.17) is 5.11 Å². The minimum Gasteiger partial charge on any atom is -0.480 e. The van der Waals surface area contributed by atoms with Crippen LogP contribution in [0.25, 0.3) is 0 Å². The largest absolute Gasteiger partial charge is 0.480 e. The number of amides is 1. The molecule has 126 valence electrons. The highest BCUT2D eigenvalue weighted by molar-refractivity contribution is 5.96. The summed E-state index contributed by atoms with van der Waals surface area (Å²) in [6.45, 7) is -0.636. The molecule has 2 aromatic rings. The molecule has 24 heavy (non-hydrogen) atoms.